The third kappa shape index (κ3) is 5.57. The Bertz CT molecular complexity index is 1880. The molecule has 5 aromatic rings. The lowest BCUT2D eigenvalue weighted by Gasteiger charge is -2.31. The Balaban J connectivity index is 1.47. The molecule has 240 valence electrons. The van der Waals surface area contributed by atoms with Crippen molar-refractivity contribution in [2.75, 3.05) is 37.6 Å². The SMILES string of the molecule is CCCC(CCC)c1c2n(c3cc(C(=O)O)ccc13)CCN(CCN1CCCCC1)c1c-2ccc2[nH]c(-c3cc(C)ccn3)nc12. The van der Waals surface area contributed by atoms with Crippen LogP contribution >= 0.6 is 0 Å². The van der Waals surface area contributed by atoms with Crippen molar-refractivity contribution in [2.24, 2.45) is 0 Å². The molecule has 8 heteroatoms. The maximum absolute atomic E-state index is 12.2. The number of hydrogen-bond donors (Lipinski definition) is 2. The van der Waals surface area contributed by atoms with E-state index >= 15 is 0 Å². The second-order valence-corrected chi connectivity index (χ2v) is 13.3. The number of carbonyl (C=O) groups is 1. The number of fused-ring (bicyclic) bond motifs is 7. The Kier molecular flexibility index (Phi) is 8.56. The minimum atomic E-state index is -0.884. The first-order valence-electron chi connectivity index (χ1n) is 17.3. The van der Waals surface area contributed by atoms with Gasteiger partial charge in [-0.1, -0.05) is 39.2 Å². The molecule has 8 nitrogen and oxygen atoms in total. The molecule has 2 N–H and O–H groups in total. The predicted octanol–water partition coefficient (Wildman–Crippen LogP) is 8.24. The van der Waals surface area contributed by atoms with E-state index in [9.17, 15) is 9.90 Å². The number of carboxylic acids is 1. The van der Waals surface area contributed by atoms with E-state index in [1.54, 1.807) is 6.07 Å². The number of rotatable bonds is 10. The van der Waals surface area contributed by atoms with E-state index in [2.05, 4.69) is 69.4 Å². The summed E-state index contributed by atoms with van der Waals surface area (Å²) in [6.45, 7) is 12.5. The molecule has 0 radical (unpaired) electrons. The number of hydrogen-bond acceptors (Lipinski definition) is 5. The van der Waals surface area contributed by atoms with Gasteiger partial charge in [0, 0.05) is 48.8 Å². The number of aromatic carboxylic acids is 1. The minimum absolute atomic E-state index is 0.339. The summed E-state index contributed by atoms with van der Waals surface area (Å²) in [5, 5.41) is 11.2. The van der Waals surface area contributed by atoms with Crippen molar-refractivity contribution in [3.63, 3.8) is 0 Å². The standard InChI is InChI=1S/C38H46N6O2/c1-4-9-26(10-5-2)33-28-12-11-27(38(45)46)24-32(28)44-22-21-43(20-19-42-17-7-6-8-18-42)36-29(35(33)44)13-14-30-34(36)41-37(40-30)31-23-25(3)15-16-39-31/h11-16,23-24,26H,4-10,17-22H2,1-3H3,(H,40,41)(H,45,46). The summed E-state index contributed by atoms with van der Waals surface area (Å²) in [4.78, 5) is 30.9. The average Bonchev–Trinajstić information content (AvgIpc) is 3.59. The van der Waals surface area contributed by atoms with Gasteiger partial charge in [-0.05, 0) is 99.1 Å². The van der Waals surface area contributed by atoms with Gasteiger partial charge in [-0.25, -0.2) is 9.78 Å². The summed E-state index contributed by atoms with van der Waals surface area (Å²) < 4.78 is 2.43. The number of imidazole rings is 1. The second-order valence-electron chi connectivity index (χ2n) is 13.3. The number of pyridine rings is 1. The molecule has 46 heavy (non-hydrogen) atoms. The highest BCUT2D eigenvalue weighted by Crippen LogP contribution is 2.48. The van der Waals surface area contributed by atoms with Crippen molar-refractivity contribution in [1.29, 1.82) is 0 Å². The van der Waals surface area contributed by atoms with Crippen LogP contribution in [0, 0.1) is 6.92 Å². The number of aromatic amines is 1. The van der Waals surface area contributed by atoms with Gasteiger partial charge in [-0.2, -0.15) is 0 Å². The first kappa shape index (κ1) is 30.5. The molecule has 2 aliphatic rings. The van der Waals surface area contributed by atoms with Crippen LogP contribution in [0.5, 0.6) is 0 Å². The fourth-order valence-electron chi connectivity index (χ4n) is 7.94. The van der Waals surface area contributed by atoms with E-state index in [1.165, 1.54) is 60.2 Å². The van der Waals surface area contributed by atoms with Crippen LogP contribution in [-0.4, -0.2) is 68.2 Å². The molecule has 0 amide bonds. The molecule has 0 aliphatic carbocycles. The van der Waals surface area contributed by atoms with Crippen molar-refractivity contribution in [3.8, 4) is 22.8 Å². The molecule has 7 rings (SSSR count). The van der Waals surface area contributed by atoms with Crippen LogP contribution in [0.2, 0.25) is 0 Å². The summed E-state index contributed by atoms with van der Waals surface area (Å²) in [5.74, 6) is 0.290. The Hall–Kier alpha value is -4.17. The maximum atomic E-state index is 12.2. The van der Waals surface area contributed by atoms with Crippen molar-refractivity contribution in [1.82, 2.24) is 24.4 Å². The molecule has 0 atom stereocenters. The average molecular weight is 619 g/mol. The molecule has 2 aliphatic heterocycles. The summed E-state index contributed by atoms with van der Waals surface area (Å²) in [6.07, 6.45) is 10.1. The van der Waals surface area contributed by atoms with Gasteiger partial charge in [0.25, 0.3) is 0 Å². The lowest BCUT2D eigenvalue weighted by molar-refractivity contribution is 0.0697. The van der Waals surface area contributed by atoms with Gasteiger partial charge in [-0.15, -0.1) is 0 Å². The normalized spacial score (nSPS) is 15.4. The van der Waals surface area contributed by atoms with E-state index < -0.39 is 5.97 Å². The Morgan fingerprint density at radius 3 is 2.50 bits per heavy atom. The van der Waals surface area contributed by atoms with E-state index in [-0.39, 0.29) is 0 Å². The van der Waals surface area contributed by atoms with Crippen molar-refractivity contribution in [2.45, 2.75) is 78.2 Å². The van der Waals surface area contributed by atoms with Crippen LogP contribution in [0.1, 0.15) is 86.2 Å². The fourth-order valence-corrected chi connectivity index (χ4v) is 7.94. The highest BCUT2D eigenvalue weighted by Gasteiger charge is 2.31. The maximum Gasteiger partial charge on any atom is 0.335 e. The van der Waals surface area contributed by atoms with Gasteiger partial charge in [-0.3, -0.25) is 4.98 Å². The summed E-state index contributed by atoms with van der Waals surface area (Å²) in [5.41, 5.74) is 10.3. The van der Waals surface area contributed by atoms with Crippen LogP contribution in [0.25, 0.3) is 44.7 Å². The monoisotopic (exact) mass is 618 g/mol. The number of aryl methyl sites for hydroxylation is 1. The fraction of sp³-hybridized carbons (Fsp3) is 0.447. The highest BCUT2D eigenvalue weighted by atomic mass is 16.4. The summed E-state index contributed by atoms with van der Waals surface area (Å²) >= 11 is 0. The van der Waals surface area contributed by atoms with Gasteiger partial charge < -0.3 is 24.5 Å². The number of aromatic nitrogens is 4. The molecule has 0 unspecified atom stereocenters. The lowest BCUT2D eigenvalue weighted by atomic mass is 9.86. The molecular weight excluding hydrogens is 572 g/mol. The van der Waals surface area contributed by atoms with Crippen LogP contribution in [0.3, 0.4) is 0 Å². The topological polar surface area (TPSA) is 90.3 Å². The Morgan fingerprint density at radius 2 is 1.76 bits per heavy atom. The first-order valence-corrected chi connectivity index (χ1v) is 17.3. The smallest absolute Gasteiger partial charge is 0.335 e. The van der Waals surface area contributed by atoms with Gasteiger partial charge in [0.05, 0.1) is 22.5 Å². The van der Waals surface area contributed by atoms with Crippen molar-refractivity contribution < 1.29 is 9.90 Å². The zero-order valence-electron chi connectivity index (χ0n) is 27.5. The number of nitrogens with one attached hydrogen (secondary N) is 1. The molecule has 1 fully saturated rings. The van der Waals surface area contributed by atoms with Crippen LogP contribution in [0.15, 0.2) is 48.7 Å². The first-order chi connectivity index (χ1) is 22.5. The molecule has 0 bridgehead atoms. The zero-order chi connectivity index (χ0) is 31.8. The van der Waals surface area contributed by atoms with Gasteiger partial charge >= 0.3 is 5.97 Å². The molecule has 5 heterocycles. The summed E-state index contributed by atoms with van der Waals surface area (Å²) in [6, 6.07) is 14.3. The van der Waals surface area contributed by atoms with Gasteiger partial charge in [0.1, 0.15) is 11.2 Å². The lowest BCUT2D eigenvalue weighted by Crippen LogP contribution is -2.38. The molecule has 2 aromatic carbocycles. The molecule has 3 aromatic heterocycles. The number of anilines is 1. The van der Waals surface area contributed by atoms with Crippen molar-refractivity contribution >= 4 is 33.6 Å². The number of benzene rings is 2. The number of carboxylic acid groups (broad SMARTS) is 1. The molecule has 0 spiro atoms. The largest absolute Gasteiger partial charge is 0.478 e. The van der Waals surface area contributed by atoms with Crippen molar-refractivity contribution in [3.05, 3.63) is 65.4 Å². The van der Waals surface area contributed by atoms with Crippen LogP contribution in [0.4, 0.5) is 5.69 Å². The molecule has 0 saturated carbocycles. The highest BCUT2D eigenvalue weighted by molar-refractivity contribution is 6.04. The number of H-pyrrole nitrogens is 1. The van der Waals surface area contributed by atoms with E-state index in [0.717, 1.165) is 85.5 Å². The van der Waals surface area contributed by atoms with E-state index in [4.69, 9.17) is 4.98 Å². The molecule has 1 saturated heterocycles. The summed E-state index contributed by atoms with van der Waals surface area (Å²) in [7, 11) is 0. The van der Waals surface area contributed by atoms with Crippen LogP contribution in [-0.2, 0) is 6.54 Å². The number of piperidine rings is 1. The van der Waals surface area contributed by atoms with E-state index in [0.29, 0.717) is 11.5 Å². The van der Waals surface area contributed by atoms with E-state index in [1.807, 2.05) is 18.3 Å². The third-order valence-electron chi connectivity index (χ3n) is 10.1. The van der Waals surface area contributed by atoms with Gasteiger partial charge in [0.15, 0.2) is 5.82 Å². The Labute approximate surface area is 271 Å². The predicted molar refractivity (Wildman–Crippen MR) is 187 cm³/mol. The third-order valence-corrected chi connectivity index (χ3v) is 10.1. The quantitative estimate of drug-likeness (QED) is 0.164. The number of nitrogens with zero attached hydrogens (tertiary/aromatic N) is 5. The Morgan fingerprint density at radius 1 is 0.957 bits per heavy atom. The number of likely N-dealkylation sites (tertiary alicyclic amines) is 1. The molecular formula is C38H46N6O2. The second kappa shape index (κ2) is 12.9. The van der Waals surface area contributed by atoms with Crippen LogP contribution < -0.4 is 4.90 Å². The van der Waals surface area contributed by atoms with Gasteiger partial charge in [0.2, 0.25) is 0 Å². The zero-order valence-corrected chi connectivity index (χ0v) is 27.5. The minimum Gasteiger partial charge on any atom is -0.478 e.